The smallest absolute Gasteiger partial charge is 0.0535 e. The standard InChI is InChI=1S/C27H21N/c1-27(2)22-12-6-5-11-20(22)26-21-16-17-28(25(21)15-14-23(26)27)24-13-7-9-18-8-3-4-10-19(18)24/h3-17H,1-2H3. The summed E-state index contributed by atoms with van der Waals surface area (Å²) >= 11 is 0. The molecule has 1 aliphatic carbocycles. The third-order valence-electron chi connectivity index (χ3n) is 6.44. The highest BCUT2D eigenvalue weighted by atomic mass is 15.0. The largest absolute Gasteiger partial charge is 0.316 e. The van der Waals surface area contributed by atoms with Gasteiger partial charge in [-0.1, -0.05) is 80.6 Å². The fourth-order valence-corrected chi connectivity index (χ4v) is 5.05. The van der Waals surface area contributed by atoms with Crippen LogP contribution in [0.3, 0.4) is 0 Å². The zero-order valence-electron chi connectivity index (χ0n) is 16.1. The van der Waals surface area contributed by atoms with Crippen LogP contribution in [0, 0.1) is 0 Å². The molecule has 1 aromatic heterocycles. The Morgan fingerprint density at radius 2 is 1.43 bits per heavy atom. The molecular formula is C27H21N. The van der Waals surface area contributed by atoms with E-state index in [0.29, 0.717) is 0 Å². The van der Waals surface area contributed by atoms with Crippen molar-refractivity contribution >= 4 is 21.7 Å². The molecule has 0 atom stereocenters. The summed E-state index contributed by atoms with van der Waals surface area (Å²) in [4.78, 5) is 0. The molecule has 0 aliphatic heterocycles. The molecule has 0 unspecified atom stereocenters. The van der Waals surface area contributed by atoms with Crippen molar-refractivity contribution < 1.29 is 0 Å². The summed E-state index contributed by atoms with van der Waals surface area (Å²) in [5, 5.41) is 3.89. The highest BCUT2D eigenvalue weighted by Crippen LogP contribution is 2.51. The van der Waals surface area contributed by atoms with Gasteiger partial charge in [0.1, 0.15) is 0 Å². The van der Waals surface area contributed by atoms with Crippen LogP contribution < -0.4 is 0 Å². The lowest BCUT2D eigenvalue weighted by atomic mass is 9.82. The summed E-state index contributed by atoms with van der Waals surface area (Å²) in [5.41, 5.74) is 8.18. The zero-order chi connectivity index (χ0) is 18.9. The van der Waals surface area contributed by atoms with Gasteiger partial charge in [0, 0.05) is 22.4 Å². The van der Waals surface area contributed by atoms with Crippen molar-refractivity contribution in [3.05, 3.63) is 102 Å². The summed E-state index contributed by atoms with van der Waals surface area (Å²) in [6.07, 6.45) is 2.22. The second-order valence-corrected chi connectivity index (χ2v) is 8.28. The predicted molar refractivity (Wildman–Crippen MR) is 118 cm³/mol. The molecule has 0 N–H and O–H groups in total. The van der Waals surface area contributed by atoms with E-state index in [1.807, 2.05) is 0 Å². The lowest BCUT2D eigenvalue weighted by molar-refractivity contribution is 0.661. The molecule has 0 amide bonds. The molecule has 134 valence electrons. The SMILES string of the molecule is CC1(C)c2ccccc2-c2c1ccc1c2ccn1-c1cccc2ccccc12. The van der Waals surface area contributed by atoms with Crippen molar-refractivity contribution in [2.75, 3.05) is 0 Å². The highest BCUT2D eigenvalue weighted by Gasteiger charge is 2.36. The minimum absolute atomic E-state index is 0.0433. The zero-order valence-corrected chi connectivity index (χ0v) is 16.1. The second kappa shape index (κ2) is 5.36. The first-order valence-electron chi connectivity index (χ1n) is 9.89. The second-order valence-electron chi connectivity index (χ2n) is 8.28. The molecule has 6 rings (SSSR count). The van der Waals surface area contributed by atoms with Crippen LogP contribution in [-0.4, -0.2) is 4.57 Å². The molecule has 1 nitrogen and oxygen atoms in total. The number of fused-ring (bicyclic) bond motifs is 6. The Hall–Kier alpha value is -3.32. The average Bonchev–Trinajstić information content (AvgIpc) is 3.25. The van der Waals surface area contributed by atoms with Crippen molar-refractivity contribution in [1.82, 2.24) is 4.57 Å². The van der Waals surface area contributed by atoms with Gasteiger partial charge in [-0.2, -0.15) is 0 Å². The molecule has 0 spiro atoms. The lowest BCUT2D eigenvalue weighted by Crippen LogP contribution is -2.14. The Bertz CT molecular complexity index is 1380. The molecule has 1 heteroatoms. The van der Waals surface area contributed by atoms with Gasteiger partial charge in [0.25, 0.3) is 0 Å². The summed E-state index contributed by atoms with van der Waals surface area (Å²) in [6, 6.07) is 30.9. The maximum Gasteiger partial charge on any atom is 0.0535 e. The fraction of sp³-hybridized carbons (Fsp3) is 0.111. The number of hydrogen-bond acceptors (Lipinski definition) is 0. The number of nitrogens with zero attached hydrogens (tertiary/aromatic N) is 1. The third kappa shape index (κ3) is 1.91. The molecule has 1 aliphatic rings. The Balaban J connectivity index is 1.69. The number of benzene rings is 4. The Morgan fingerprint density at radius 1 is 0.643 bits per heavy atom. The molecule has 4 aromatic carbocycles. The van der Waals surface area contributed by atoms with Gasteiger partial charge in [0.2, 0.25) is 0 Å². The van der Waals surface area contributed by atoms with Crippen molar-refractivity contribution in [2.24, 2.45) is 0 Å². The van der Waals surface area contributed by atoms with E-state index in [0.717, 1.165) is 0 Å². The van der Waals surface area contributed by atoms with E-state index in [1.165, 1.54) is 49.6 Å². The molecule has 0 radical (unpaired) electrons. The van der Waals surface area contributed by atoms with Gasteiger partial charge >= 0.3 is 0 Å². The van der Waals surface area contributed by atoms with E-state index in [1.54, 1.807) is 0 Å². The van der Waals surface area contributed by atoms with E-state index in [2.05, 4.69) is 110 Å². The lowest BCUT2D eigenvalue weighted by Gasteiger charge is -2.21. The minimum atomic E-state index is 0.0433. The van der Waals surface area contributed by atoms with Crippen LogP contribution >= 0.6 is 0 Å². The van der Waals surface area contributed by atoms with Crippen LogP contribution in [-0.2, 0) is 5.41 Å². The molecule has 0 bridgehead atoms. The molecule has 0 fully saturated rings. The Morgan fingerprint density at radius 3 is 2.36 bits per heavy atom. The monoisotopic (exact) mass is 359 g/mol. The van der Waals surface area contributed by atoms with Gasteiger partial charge in [-0.15, -0.1) is 0 Å². The van der Waals surface area contributed by atoms with Crippen molar-refractivity contribution in [3.8, 4) is 16.8 Å². The fourth-order valence-electron chi connectivity index (χ4n) is 5.05. The predicted octanol–water partition coefficient (Wildman–Crippen LogP) is 7.09. The van der Waals surface area contributed by atoms with Gasteiger partial charge in [-0.25, -0.2) is 0 Å². The molecule has 0 saturated heterocycles. The van der Waals surface area contributed by atoms with Crippen LogP contribution in [0.5, 0.6) is 0 Å². The summed E-state index contributed by atoms with van der Waals surface area (Å²) < 4.78 is 2.34. The van der Waals surface area contributed by atoms with Gasteiger partial charge in [0.15, 0.2) is 0 Å². The van der Waals surface area contributed by atoms with E-state index >= 15 is 0 Å². The molecule has 5 aromatic rings. The first-order valence-corrected chi connectivity index (χ1v) is 9.89. The Labute approximate surface area is 164 Å². The van der Waals surface area contributed by atoms with Crippen molar-refractivity contribution in [2.45, 2.75) is 19.3 Å². The Kier molecular flexibility index (Phi) is 3.01. The summed E-state index contributed by atoms with van der Waals surface area (Å²) in [5.74, 6) is 0. The third-order valence-corrected chi connectivity index (χ3v) is 6.44. The van der Waals surface area contributed by atoms with Crippen LogP contribution in [0.15, 0.2) is 91.1 Å². The van der Waals surface area contributed by atoms with Gasteiger partial charge < -0.3 is 4.57 Å². The number of rotatable bonds is 1. The summed E-state index contributed by atoms with van der Waals surface area (Å²) in [7, 11) is 0. The van der Waals surface area contributed by atoms with E-state index in [-0.39, 0.29) is 5.41 Å². The minimum Gasteiger partial charge on any atom is -0.316 e. The molecule has 0 saturated carbocycles. The van der Waals surface area contributed by atoms with Crippen LogP contribution in [0.4, 0.5) is 0 Å². The quantitative estimate of drug-likeness (QED) is 0.301. The normalized spacial score (nSPS) is 14.4. The molecule has 28 heavy (non-hydrogen) atoms. The maximum atomic E-state index is 2.34. The highest BCUT2D eigenvalue weighted by molar-refractivity contribution is 6.03. The van der Waals surface area contributed by atoms with Crippen LogP contribution in [0.1, 0.15) is 25.0 Å². The maximum absolute atomic E-state index is 2.34. The summed E-state index contributed by atoms with van der Waals surface area (Å²) in [6.45, 7) is 4.68. The van der Waals surface area contributed by atoms with Gasteiger partial charge in [-0.3, -0.25) is 0 Å². The van der Waals surface area contributed by atoms with Crippen molar-refractivity contribution in [1.29, 1.82) is 0 Å². The average molecular weight is 359 g/mol. The van der Waals surface area contributed by atoms with E-state index in [4.69, 9.17) is 0 Å². The first kappa shape index (κ1) is 15.7. The van der Waals surface area contributed by atoms with Gasteiger partial charge in [0.05, 0.1) is 11.2 Å². The van der Waals surface area contributed by atoms with Crippen molar-refractivity contribution in [3.63, 3.8) is 0 Å². The topological polar surface area (TPSA) is 4.93 Å². The number of hydrogen-bond donors (Lipinski definition) is 0. The van der Waals surface area contributed by atoms with E-state index < -0.39 is 0 Å². The number of aromatic nitrogens is 1. The first-order chi connectivity index (χ1) is 13.7. The van der Waals surface area contributed by atoms with Crippen LogP contribution in [0.2, 0.25) is 0 Å². The van der Waals surface area contributed by atoms with Crippen LogP contribution in [0.25, 0.3) is 38.5 Å². The van der Waals surface area contributed by atoms with Gasteiger partial charge in [-0.05, 0) is 45.8 Å². The molecule has 1 heterocycles. The molecular weight excluding hydrogens is 338 g/mol. The van der Waals surface area contributed by atoms with E-state index in [9.17, 15) is 0 Å².